The number of hydrogen-bond donors (Lipinski definition) is 2. The minimum atomic E-state index is -3.78. The largest absolute Gasteiger partial charge is 0.383 e. The quantitative estimate of drug-likeness (QED) is 0.707. The number of rotatable bonds is 8. The third-order valence-corrected chi connectivity index (χ3v) is 5.00. The maximum absolute atomic E-state index is 12.6. The minimum absolute atomic E-state index is 0.0396. The number of para-hydroxylation sites is 1. The van der Waals surface area contributed by atoms with E-state index in [1.54, 1.807) is 31.4 Å². The molecule has 1 amide bonds. The van der Waals surface area contributed by atoms with Crippen molar-refractivity contribution in [3.63, 3.8) is 0 Å². The van der Waals surface area contributed by atoms with Crippen LogP contribution in [0.4, 0.5) is 5.69 Å². The summed E-state index contributed by atoms with van der Waals surface area (Å²) in [5.41, 5.74) is 1.72. The number of carbonyl (C=O) groups excluding carboxylic acids is 1. The summed E-state index contributed by atoms with van der Waals surface area (Å²) in [7, 11) is -2.24. The van der Waals surface area contributed by atoms with Crippen LogP contribution in [0, 0.1) is 0 Å². The fraction of sp³-hybridized carbons (Fsp3) is 0.278. The Morgan fingerprint density at radius 2 is 1.88 bits per heavy atom. The maximum atomic E-state index is 12.6. The summed E-state index contributed by atoms with van der Waals surface area (Å²) in [6.07, 6.45) is 0.709. The van der Waals surface area contributed by atoms with E-state index in [4.69, 9.17) is 4.74 Å². The van der Waals surface area contributed by atoms with Crippen molar-refractivity contribution in [1.82, 2.24) is 5.32 Å². The average Bonchev–Trinajstić information content (AvgIpc) is 2.62. The number of carbonyl (C=O) groups is 1. The molecule has 134 valence electrons. The van der Waals surface area contributed by atoms with Crippen molar-refractivity contribution in [3.8, 4) is 0 Å². The Balaban J connectivity index is 2.22. The molecule has 0 unspecified atom stereocenters. The number of amides is 1. The normalized spacial score (nSPS) is 11.1. The standard InChI is InChI=1S/C18H22N2O4S/c1-3-14-7-4-5-10-17(14)20-25(22,23)16-9-6-8-15(13-16)18(21)19-11-12-24-2/h4-10,13,20H,3,11-12H2,1-2H3,(H,19,21). The first-order chi connectivity index (χ1) is 12.0. The second kappa shape index (κ2) is 8.64. The molecular formula is C18H22N2O4S. The molecule has 0 spiro atoms. The van der Waals surface area contributed by atoms with Gasteiger partial charge in [0.2, 0.25) is 0 Å². The molecule has 7 heteroatoms. The van der Waals surface area contributed by atoms with E-state index in [2.05, 4.69) is 10.0 Å². The number of hydrogen-bond acceptors (Lipinski definition) is 4. The molecule has 6 nitrogen and oxygen atoms in total. The third-order valence-electron chi connectivity index (χ3n) is 3.64. The number of benzene rings is 2. The fourth-order valence-corrected chi connectivity index (χ4v) is 3.45. The van der Waals surface area contributed by atoms with Crippen LogP contribution in [0.5, 0.6) is 0 Å². The van der Waals surface area contributed by atoms with Crippen molar-refractivity contribution in [2.45, 2.75) is 18.2 Å². The SMILES string of the molecule is CCc1ccccc1NS(=O)(=O)c1cccc(C(=O)NCCOC)c1. The zero-order valence-electron chi connectivity index (χ0n) is 14.3. The van der Waals surface area contributed by atoms with Gasteiger partial charge in [0.1, 0.15) is 0 Å². The van der Waals surface area contributed by atoms with Gasteiger partial charge in [-0.2, -0.15) is 0 Å². The second-order valence-electron chi connectivity index (χ2n) is 5.39. The summed E-state index contributed by atoms with van der Waals surface area (Å²) in [6, 6.07) is 13.2. The van der Waals surface area contributed by atoms with Crippen LogP contribution in [-0.4, -0.2) is 34.6 Å². The summed E-state index contributed by atoms with van der Waals surface area (Å²) in [4.78, 5) is 12.1. The third kappa shape index (κ3) is 5.04. The molecule has 0 aliphatic carbocycles. The molecule has 2 aromatic carbocycles. The first-order valence-electron chi connectivity index (χ1n) is 7.96. The van der Waals surface area contributed by atoms with Crippen molar-refractivity contribution < 1.29 is 17.9 Å². The van der Waals surface area contributed by atoms with Crippen LogP contribution in [-0.2, 0) is 21.2 Å². The molecule has 0 fully saturated rings. The summed E-state index contributed by atoms with van der Waals surface area (Å²) >= 11 is 0. The second-order valence-corrected chi connectivity index (χ2v) is 7.08. The lowest BCUT2D eigenvalue weighted by Gasteiger charge is -2.12. The predicted molar refractivity (Wildman–Crippen MR) is 97.3 cm³/mol. The van der Waals surface area contributed by atoms with Crippen molar-refractivity contribution in [3.05, 3.63) is 59.7 Å². The zero-order valence-corrected chi connectivity index (χ0v) is 15.1. The Morgan fingerprint density at radius 1 is 1.12 bits per heavy atom. The number of nitrogens with one attached hydrogen (secondary N) is 2. The molecule has 0 heterocycles. The number of aryl methyl sites for hydroxylation is 1. The Morgan fingerprint density at radius 3 is 2.60 bits per heavy atom. The molecule has 0 radical (unpaired) electrons. The average molecular weight is 362 g/mol. The van der Waals surface area contributed by atoms with E-state index in [1.165, 1.54) is 12.1 Å². The van der Waals surface area contributed by atoms with Crippen molar-refractivity contribution in [2.24, 2.45) is 0 Å². The van der Waals surface area contributed by atoms with Crippen molar-refractivity contribution in [2.75, 3.05) is 25.0 Å². The lowest BCUT2D eigenvalue weighted by Crippen LogP contribution is -2.27. The van der Waals surface area contributed by atoms with Crippen LogP contribution in [0.2, 0.25) is 0 Å². The molecule has 0 aliphatic rings. The van der Waals surface area contributed by atoms with Crippen LogP contribution in [0.15, 0.2) is 53.4 Å². The Kier molecular flexibility index (Phi) is 6.55. The maximum Gasteiger partial charge on any atom is 0.261 e. The van der Waals surface area contributed by atoms with Gasteiger partial charge < -0.3 is 10.1 Å². The highest BCUT2D eigenvalue weighted by Gasteiger charge is 2.17. The molecule has 0 saturated heterocycles. The first-order valence-corrected chi connectivity index (χ1v) is 9.44. The molecule has 0 atom stereocenters. The van der Waals surface area contributed by atoms with Gasteiger partial charge in [-0.25, -0.2) is 8.42 Å². The van der Waals surface area contributed by atoms with Crippen LogP contribution < -0.4 is 10.0 Å². The van der Waals surface area contributed by atoms with Gasteiger partial charge in [0.15, 0.2) is 0 Å². The Hall–Kier alpha value is -2.38. The van der Waals surface area contributed by atoms with Crippen LogP contribution in [0.3, 0.4) is 0 Å². The molecule has 0 aliphatic heterocycles. The van der Waals surface area contributed by atoms with E-state index in [9.17, 15) is 13.2 Å². The van der Waals surface area contributed by atoms with Gasteiger partial charge >= 0.3 is 0 Å². The van der Waals surface area contributed by atoms with Crippen molar-refractivity contribution >= 4 is 21.6 Å². The van der Waals surface area contributed by atoms with Crippen molar-refractivity contribution in [1.29, 1.82) is 0 Å². The van der Waals surface area contributed by atoms with Gasteiger partial charge in [-0.3, -0.25) is 9.52 Å². The van der Waals surface area contributed by atoms with E-state index in [1.807, 2.05) is 19.1 Å². The highest BCUT2D eigenvalue weighted by atomic mass is 32.2. The minimum Gasteiger partial charge on any atom is -0.383 e. The molecule has 2 aromatic rings. The topological polar surface area (TPSA) is 84.5 Å². The highest BCUT2D eigenvalue weighted by Crippen LogP contribution is 2.21. The molecule has 2 rings (SSSR count). The van der Waals surface area contributed by atoms with Crippen LogP contribution in [0.25, 0.3) is 0 Å². The molecule has 0 bridgehead atoms. The molecule has 0 aromatic heterocycles. The van der Waals surface area contributed by atoms with E-state index >= 15 is 0 Å². The van der Waals surface area contributed by atoms with Gasteiger partial charge in [-0.05, 0) is 36.2 Å². The van der Waals surface area contributed by atoms with E-state index < -0.39 is 10.0 Å². The zero-order chi connectivity index (χ0) is 18.3. The van der Waals surface area contributed by atoms with Gasteiger partial charge in [-0.1, -0.05) is 31.2 Å². The smallest absolute Gasteiger partial charge is 0.261 e. The number of methoxy groups -OCH3 is 1. The number of sulfonamides is 1. The number of anilines is 1. The molecule has 2 N–H and O–H groups in total. The van der Waals surface area contributed by atoms with E-state index in [-0.39, 0.29) is 16.4 Å². The fourth-order valence-electron chi connectivity index (χ4n) is 2.31. The molecule has 25 heavy (non-hydrogen) atoms. The summed E-state index contributed by atoms with van der Waals surface area (Å²) in [5, 5.41) is 2.67. The first kappa shape index (κ1) is 19.0. The van der Waals surface area contributed by atoms with E-state index in [0.29, 0.717) is 25.3 Å². The van der Waals surface area contributed by atoms with Crippen LogP contribution >= 0.6 is 0 Å². The lowest BCUT2D eigenvalue weighted by atomic mass is 10.1. The van der Waals surface area contributed by atoms with E-state index in [0.717, 1.165) is 5.56 Å². The number of ether oxygens (including phenoxy) is 1. The van der Waals surface area contributed by atoms with Gasteiger partial charge in [-0.15, -0.1) is 0 Å². The Labute approximate surface area is 148 Å². The summed E-state index contributed by atoms with van der Waals surface area (Å²) in [5.74, 6) is -0.344. The van der Waals surface area contributed by atoms with Gasteiger partial charge in [0.25, 0.3) is 15.9 Å². The lowest BCUT2D eigenvalue weighted by molar-refractivity contribution is 0.0937. The van der Waals surface area contributed by atoms with Crippen LogP contribution in [0.1, 0.15) is 22.8 Å². The Bertz CT molecular complexity index is 834. The monoisotopic (exact) mass is 362 g/mol. The highest BCUT2D eigenvalue weighted by molar-refractivity contribution is 7.92. The van der Waals surface area contributed by atoms with Gasteiger partial charge in [0.05, 0.1) is 17.2 Å². The molecular weight excluding hydrogens is 340 g/mol. The predicted octanol–water partition coefficient (Wildman–Crippen LogP) is 2.43. The summed E-state index contributed by atoms with van der Waals surface area (Å²) in [6.45, 7) is 2.70. The van der Waals surface area contributed by atoms with Gasteiger partial charge in [0, 0.05) is 19.2 Å². The summed E-state index contributed by atoms with van der Waals surface area (Å²) < 4.78 is 32.8. The molecule has 0 saturated carbocycles.